The number of hydrogen-bond donors (Lipinski definition) is 0. The minimum atomic E-state index is -0.107. The van der Waals surface area contributed by atoms with Crippen molar-refractivity contribution in [3.8, 4) is 5.75 Å². The van der Waals surface area contributed by atoms with Crippen LogP contribution in [0.15, 0.2) is 18.2 Å². The van der Waals surface area contributed by atoms with E-state index in [0.717, 1.165) is 40.5 Å². The van der Waals surface area contributed by atoms with Crippen LogP contribution in [-0.2, 0) is 0 Å². The molecule has 0 spiro atoms. The molecule has 0 saturated heterocycles. The van der Waals surface area contributed by atoms with Gasteiger partial charge in [0.2, 0.25) is 0 Å². The highest BCUT2D eigenvalue weighted by Crippen LogP contribution is 2.31. The second-order valence-corrected chi connectivity index (χ2v) is 7.19. The maximum Gasteiger partial charge on any atom is 0.127 e. The number of nitrogens with zero attached hydrogens (tertiary/aromatic N) is 2. The van der Waals surface area contributed by atoms with Gasteiger partial charge in [0.1, 0.15) is 11.6 Å². The molecule has 0 aliphatic heterocycles. The van der Waals surface area contributed by atoms with Gasteiger partial charge in [-0.15, -0.1) is 11.6 Å². The molecule has 3 nitrogen and oxygen atoms in total. The average Bonchev–Trinajstić information content (AvgIpc) is 2.86. The monoisotopic (exact) mass is 326 g/mol. The predicted octanol–water partition coefficient (Wildman–Crippen LogP) is 5.05. The van der Waals surface area contributed by atoms with Crippen LogP contribution >= 0.6 is 23.4 Å². The van der Waals surface area contributed by atoms with Crippen LogP contribution in [-0.4, -0.2) is 28.2 Å². The Morgan fingerprint density at radius 1 is 1.38 bits per heavy atom. The Morgan fingerprint density at radius 2 is 2.14 bits per heavy atom. The second kappa shape index (κ2) is 7.41. The van der Waals surface area contributed by atoms with Gasteiger partial charge in [0, 0.05) is 12.1 Å². The minimum Gasteiger partial charge on any atom is -0.497 e. The molecule has 1 heterocycles. The Hall–Kier alpha value is -0.870. The third-order valence-electron chi connectivity index (χ3n) is 3.60. The van der Waals surface area contributed by atoms with Crippen LogP contribution in [0.3, 0.4) is 0 Å². The highest BCUT2D eigenvalue weighted by Gasteiger charge is 2.19. The van der Waals surface area contributed by atoms with E-state index in [4.69, 9.17) is 21.3 Å². The molecule has 0 fully saturated rings. The van der Waals surface area contributed by atoms with Gasteiger partial charge in [-0.1, -0.05) is 6.92 Å². The molecule has 1 aromatic heterocycles. The Bertz CT molecular complexity index is 597. The highest BCUT2D eigenvalue weighted by atomic mass is 35.5. The number of methoxy groups -OCH3 is 1. The van der Waals surface area contributed by atoms with Crippen molar-refractivity contribution in [2.24, 2.45) is 0 Å². The minimum absolute atomic E-state index is 0.107. The lowest BCUT2D eigenvalue weighted by Crippen LogP contribution is -2.11. The van der Waals surface area contributed by atoms with Gasteiger partial charge in [0.25, 0.3) is 0 Å². The summed E-state index contributed by atoms with van der Waals surface area (Å²) in [6, 6.07) is 6.42. The summed E-state index contributed by atoms with van der Waals surface area (Å²) in [5, 5.41) is -0.107. The van der Waals surface area contributed by atoms with Crippen molar-refractivity contribution in [3.63, 3.8) is 0 Å². The van der Waals surface area contributed by atoms with Crippen LogP contribution in [0.25, 0.3) is 11.0 Å². The molecule has 0 aliphatic rings. The molecule has 2 aromatic rings. The zero-order valence-electron chi connectivity index (χ0n) is 13.1. The van der Waals surface area contributed by atoms with Crippen molar-refractivity contribution in [1.29, 1.82) is 0 Å². The number of thioether (sulfide) groups is 1. The van der Waals surface area contributed by atoms with Gasteiger partial charge in [0.15, 0.2) is 0 Å². The van der Waals surface area contributed by atoms with Crippen LogP contribution in [0, 0.1) is 0 Å². The van der Waals surface area contributed by atoms with Crippen molar-refractivity contribution in [1.82, 2.24) is 9.55 Å². The number of ether oxygens (including phenoxy) is 1. The average molecular weight is 327 g/mol. The Balaban J connectivity index is 2.41. The first-order valence-electron chi connectivity index (χ1n) is 7.36. The van der Waals surface area contributed by atoms with E-state index in [1.807, 2.05) is 30.8 Å². The van der Waals surface area contributed by atoms with Gasteiger partial charge in [-0.3, -0.25) is 0 Å². The van der Waals surface area contributed by atoms with E-state index in [2.05, 4.69) is 24.5 Å². The molecule has 0 saturated carbocycles. The van der Waals surface area contributed by atoms with Gasteiger partial charge in [0.05, 0.1) is 23.5 Å². The molecule has 0 radical (unpaired) electrons. The van der Waals surface area contributed by atoms with Crippen LogP contribution in [0.1, 0.15) is 44.4 Å². The van der Waals surface area contributed by atoms with Crippen LogP contribution in [0.2, 0.25) is 0 Å². The molecule has 0 aliphatic carbocycles. The number of aromatic nitrogens is 2. The fourth-order valence-electron chi connectivity index (χ4n) is 2.50. The Morgan fingerprint density at radius 3 is 2.76 bits per heavy atom. The summed E-state index contributed by atoms with van der Waals surface area (Å²) in [7, 11) is 1.67. The maximum absolute atomic E-state index is 6.34. The third kappa shape index (κ3) is 3.67. The largest absolute Gasteiger partial charge is 0.497 e. The smallest absolute Gasteiger partial charge is 0.127 e. The van der Waals surface area contributed by atoms with Crippen LogP contribution < -0.4 is 4.74 Å². The fourth-order valence-corrected chi connectivity index (χ4v) is 3.45. The molecule has 116 valence electrons. The number of rotatable bonds is 7. The second-order valence-electron chi connectivity index (χ2n) is 5.15. The summed E-state index contributed by atoms with van der Waals surface area (Å²) in [6.45, 7) is 6.41. The lowest BCUT2D eigenvalue weighted by Gasteiger charge is -2.18. The molecule has 0 bridgehead atoms. The molecule has 2 unspecified atom stereocenters. The number of fused-ring (bicyclic) bond motifs is 1. The van der Waals surface area contributed by atoms with E-state index >= 15 is 0 Å². The number of benzene rings is 1. The standard InChI is InChI=1S/C16H23ClN2OS/c1-5-21-9-8-11(2)19-15-7-6-13(20-4)10-14(15)18-16(19)12(3)17/h6-7,10-12H,5,8-9H2,1-4H3. The lowest BCUT2D eigenvalue weighted by molar-refractivity contribution is 0.415. The van der Waals surface area contributed by atoms with Gasteiger partial charge < -0.3 is 9.30 Å². The topological polar surface area (TPSA) is 27.1 Å². The predicted molar refractivity (Wildman–Crippen MR) is 92.9 cm³/mol. The number of hydrogen-bond acceptors (Lipinski definition) is 3. The molecule has 0 N–H and O–H groups in total. The van der Waals surface area contributed by atoms with E-state index in [-0.39, 0.29) is 5.38 Å². The summed E-state index contributed by atoms with van der Waals surface area (Å²) in [5.41, 5.74) is 2.08. The molecule has 21 heavy (non-hydrogen) atoms. The summed E-state index contributed by atoms with van der Waals surface area (Å²) >= 11 is 8.31. The molecular formula is C16H23ClN2OS. The molecule has 1 aromatic carbocycles. The Labute approximate surface area is 136 Å². The van der Waals surface area contributed by atoms with Crippen LogP contribution in [0.5, 0.6) is 5.75 Å². The fraction of sp³-hybridized carbons (Fsp3) is 0.562. The maximum atomic E-state index is 6.34. The van der Waals surface area contributed by atoms with Gasteiger partial charge in [-0.05, 0) is 43.9 Å². The molecule has 2 rings (SSSR count). The molecule has 5 heteroatoms. The van der Waals surface area contributed by atoms with E-state index in [1.54, 1.807) is 7.11 Å². The lowest BCUT2D eigenvalue weighted by atomic mass is 10.2. The van der Waals surface area contributed by atoms with E-state index < -0.39 is 0 Å². The van der Waals surface area contributed by atoms with Crippen molar-refractivity contribution < 1.29 is 4.74 Å². The van der Waals surface area contributed by atoms with Gasteiger partial charge in [-0.2, -0.15) is 11.8 Å². The quantitative estimate of drug-likeness (QED) is 0.526. The highest BCUT2D eigenvalue weighted by molar-refractivity contribution is 7.99. The van der Waals surface area contributed by atoms with Crippen LogP contribution in [0.4, 0.5) is 0 Å². The summed E-state index contributed by atoms with van der Waals surface area (Å²) in [6.07, 6.45) is 1.12. The van der Waals surface area contributed by atoms with Crippen molar-refractivity contribution in [2.45, 2.75) is 38.6 Å². The SMILES string of the molecule is CCSCCC(C)n1c(C(C)Cl)nc2cc(OC)ccc21. The third-order valence-corrected chi connectivity index (χ3v) is 4.73. The van der Waals surface area contributed by atoms with Gasteiger partial charge in [-0.25, -0.2) is 4.98 Å². The normalized spacial score (nSPS) is 14.3. The van der Waals surface area contributed by atoms with Gasteiger partial charge >= 0.3 is 0 Å². The zero-order chi connectivity index (χ0) is 15.4. The summed E-state index contributed by atoms with van der Waals surface area (Å²) in [4.78, 5) is 4.71. The number of alkyl halides is 1. The van der Waals surface area contributed by atoms with Crippen molar-refractivity contribution in [3.05, 3.63) is 24.0 Å². The summed E-state index contributed by atoms with van der Waals surface area (Å²) < 4.78 is 7.57. The first kappa shape index (κ1) is 16.5. The van der Waals surface area contributed by atoms with E-state index in [0.29, 0.717) is 6.04 Å². The van der Waals surface area contributed by atoms with E-state index in [1.165, 1.54) is 0 Å². The Kier molecular flexibility index (Phi) is 5.82. The first-order valence-corrected chi connectivity index (χ1v) is 8.95. The molecular weight excluding hydrogens is 304 g/mol. The first-order chi connectivity index (χ1) is 10.1. The summed E-state index contributed by atoms with van der Waals surface area (Å²) in [5.74, 6) is 4.08. The number of halogens is 1. The molecule has 0 amide bonds. The molecule has 2 atom stereocenters. The zero-order valence-corrected chi connectivity index (χ0v) is 14.7. The van der Waals surface area contributed by atoms with E-state index in [9.17, 15) is 0 Å². The van der Waals surface area contributed by atoms with Crippen molar-refractivity contribution >= 4 is 34.4 Å². The number of imidazole rings is 1. The van der Waals surface area contributed by atoms with Crippen molar-refractivity contribution in [2.75, 3.05) is 18.6 Å².